The van der Waals surface area contributed by atoms with Gasteiger partial charge in [-0.3, -0.25) is 0 Å². The smallest absolute Gasteiger partial charge is 0.148 e. The molecular weight excluding hydrogens is 360 g/mol. The van der Waals surface area contributed by atoms with Gasteiger partial charge in [0.25, 0.3) is 0 Å². The Morgan fingerprint density at radius 1 is 1.19 bits per heavy atom. The van der Waals surface area contributed by atoms with Gasteiger partial charge in [-0.2, -0.15) is 0 Å². The molecule has 0 fully saturated rings. The molecular formula is C16H15BrClF2N. The number of nitrogens with one attached hydrogen (secondary N) is 1. The Labute approximate surface area is 136 Å². The molecule has 0 spiro atoms. The first-order valence-corrected chi connectivity index (χ1v) is 7.73. The summed E-state index contributed by atoms with van der Waals surface area (Å²) in [7, 11) is 0. The molecule has 1 nitrogen and oxygen atoms in total. The molecule has 0 saturated carbocycles. The van der Waals surface area contributed by atoms with Crippen molar-refractivity contribution in [2.24, 2.45) is 0 Å². The second-order valence-corrected chi connectivity index (χ2v) is 6.35. The maximum atomic E-state index is 14.3. The normalized spacial score (nSPS) is 11.2. The lowest BCUT2D eigenvalue weighted by molar-refractivity contribution is 0.579. The van der Waals surface area contributed by atoms with Crippen molar-refractivity contribution in [3.63, 3.8) is 0 Å². The second-order valence-electron chi connectivity index (χ2n) is 5.06. The van der Waals surface area contributed by atoms with Crippen molar-refractivity contribution >= 4 is 27.5 Å². The van der Waals surface area contributed by atoms with Gasteiger partial charge in [0.1, 0.15) is 11.6 Å². The van der Waals surface area contributed by atoms with Gasteiger partial charge in [0, 0.05) is 17.6 Å². The van der Waals surface area contributed by atoms with Gasteiger partial charge in [-0.25, -0.2) is 8.78 Å². The van der Waals surface area contributed by atoms with Crippen LogP contribution in [0.5, 0.6) is 0 Å². The van der Waals surface area contributed by atoms with E-state index in [1.54, 1.807) is 18.2 Å². The van der Waals surface area contributed by atoms with Crippen LogP contribution in [0.4, 0.5) is 8.78 Å². The summed E-state index contributed by atoms with van der Waals surface area (Å²) >= 11 is 9.10. The van der Waals surface area contributed by atoms with E-state index in [4.69, 9.17) is 11.6 Å². The first-order valence-electron chi connectivity index (χ1n) is 6.56. The number of hydrogen-bond acceptors (Lipinski definition) is 1. The molecule has 21 heavy (non-hydrogen) atoms. The summed E-state index contributed by atoms with van der Waals surface area (Å²) in [6.07, 6.45) is 0. The lowest BCUT2D eigenvalue weighted by Gasteiger charge is -2.15. The average Bonchev–Trinajstić information content (AvgIpc) is 2.43. The van der Waals surface area contributed by atoms with E-state index >= 15 is 0 Å². The molecule has 0 aliphatic heterocycles. The van der Waals surface area contributed by atoms with Crippen LogP contribution in [-0.4, -0.2) is 6.04 Å². The topological polar surface area (TPSA) is 12.0 Å². The van der Waals surface area contributed by atoms with E-state index in [2.05, 4.69) is 21.2 Å². The summed E-state index contributed by atoms with van der Waals surface area (Å²) in [4.78, 5) is 0. The molecule has 0 unspecified atom stereocenters. The standard InChI is InChI=1S/C16H15BrClF2N/c1-9(2)21-8-10-7-11(18)3-4-12(10)15-14(19)6-5-13(17)16(15)20/h3-7,9,21H,8H2,1-2H3. The molecule has 0 saturated heterocycles. The third kappa shape index (κ3) is 3.82. The number of halogens is 4. The fourth-order valence-electron chi connectivity index (χ4n) is 2.04. The molecule has 0 bridgehead atoms. The summed E-state index contributed by atoms with van der Waals surface area (Å²) < 4.78 is 28.6. The maximum Gasteiger partial charge on any atom is 0.148 e. The second kappa shape index (κ2) is 6.86. The van der Waals surface area contributed by atoms with Crippen LogP contribution in [0.15, 0.2) is 34.8 Å². The Bertz CT molecular complexity index is 659. The van der Waals surface area contributed by atoms with Crippen LogP contribution in [0.2, 0.25) is 5.02 Å². The van der Waals surface area contributed by atoms with Gasteiger partial charge in [-0.1, -0.05) is 31.5 Å². The van der Waals surface area contributed by atoms with Crippen molar-refractivity contribution in [3.8, 4) is 11.1 Å². The van der Waals surface area contributed by atoms with E-state index in [1.807, 2.05) is 13.8 Å². The third-order valence-corrected chi connectivity index (χ3v) is 3.93. The zero-order valence-electron chi connectivity index (χ0n) is 11.7. The van der Waals surface area contributed by atoms with Crippen LogP contribution >= 0.6 is 27.5 Å². The van der Waals surface area contributed by atoms with Gasteiger partial charge in [-0.05, 0) is 51.3 Å². The Balaban J connectivity index is 2.56. The fourth-order valence-corrected chi connectivity index (χ4v) is 2.57. The van der Waals surface area contributed by atoms with Crippen molar-refractivity contribution in [2.75, 3.05) is 0 Å². The van der Waals surface area contributed by atoms with Crippen molar-refractivity contribution in [1.29, 1.82) is 0 Å². The van der Waals surface area contributed by atoms with Crippen molar-refractivity contribution in [3.05, 3.63) is 57.0 Å². The molecule has 0 aliphatic carbocycles. The van der Waals surface area contributed by atoms with Gasteiger partial charge in [0.15, 0.2) is 0 Å². The summed E-state index contributed by atoms with van der Waals surface area (Å²) in [5, 5.41) is 3.77. The minimum atomic E-state index is -0.608. The molecule has 5 heteroatoms. The van der Waals surface area contributed by atoms with E-state index in [-0.39, 0.29) is 16.1 Å². The molecule has 2 aromatic rings. The maximum absolute atomic E-state index is 14.3. The van der Waals surface area contributed by atoms with Gasteiger partial charge >= 0.3 is 0 Å². The first-order chi connectivity index (χ1) is 9.90. The fraction of sp³-hybridized carbons (Fsp3) is 0.250. The minimum absolute atomic E-state index is 0.0402. The Morgan fingerprint density at radius 3 is 2.57 bits per heavy atom. The Morgan fingerprint density at radius 2 is 1.90 bits per heavy atom. The summed E-state index contributed by atoms with van der Waals surface area (Å²) in [6, 6.07) is 7.87. The van der Waals surface area contributed by atoms with Crippen LogP contribution in [0.3, 0.4) is 0 Å². The number of hydrogen-bond donors (Lipinski definition) is 1. The van der Waals surface area contributed by atoms with E-state index in [0.717, 1.165) is 5.56 Å². The van der Waals surface area contributed by atoms with Crippen molar-refractivity contribution in [2.45, 2.75) is 26.4 Å². The SMILES string of the molecule is CC(C)NCc1cc(Cl)ccc1-c1c(F)ccc(Br)c1F. The molecule has 0 amide bonds. The summed E-state index contributed by atoms with van der Waals surface area (Å²) in [5.41, 5.74) is 1.22. The molecule has 112 valence electrons. The van der Waals surface area contributed by atoms with Crippen LogP contribution < -0.4 is 5.32 Å². The highest BCUT2D eigenvalue weighted by Crippen LogP contribution is 2.34. The highest BCUT2D eigenvalue weighted by atomic mass is 79.9. The highest BCUT2D eigenvalue weighted by molar-refractivity contribution is 9.10. The number of benzene rings is 2. The Kier molecular flexibility index (Phi) is 5.36. The molecule has 2 rings (SSSR count). The molecule has 0 heterocycles. The minimum Gasteiger partial charge on any atom is -0.310 e. The predicted molar refractivity (Wildman–Crippen MR) is 86.5 cm³/mol. The molecule has 0 aliphatic rings. The summed E-state index contributed by atoms with van der Waals surface area (Å²) in [5.74, 6) is -1.20. The lowest BCUT2D eigenvalue weighted by Crippen LogP contribution is -2.22. The van der Waals surface area contributed by atoms with E-state index in [1.165, 1.54) is 12.1 Å². The Hall–Kier alpha value is -0.970. The first kappa shape index (κ1) is 16.4. The van der Waals surface area contributed by atoms with Gasteiger partial charge in [-0.15, -0.1) is 0 Å². The van der Waals surface area contributed by atoms with Gasteiger partial charge in [0.05, 0.1) is 10.0 Å². The highest BCUT2D eigenvalue weighted by Gasteiger charge is 2.17. The van der Waals surface area contributed by atoms with Gasteiger partial charge < -0.3 is 5.32 Å². The van der Waals surface area contributed by atoms with E-state index < -0.39 is 11.6 Å². The lowest BCUT2D eigenvalue weighted by atomic mass is 9.98. The van der Waals surface area contributed by atoms with Crippen LogP contribution in [0, 0.1) is 11.6 Å². The predicted octanol–water partition coefficient (Wildman–Crippen LogP) is 5.55. The monoisotopic (exact) mass is 373 g/mol. The van der Waals surface area contributed by atoms with Crippen LogP contribution in [0.1, 0.15) is 19.4 Å². The van der Waals surface area contributed by atoms with E-state index in [0.29, 0.717) is 17.1 Å². The molecule has 0 atom stereocenters. The van der Waals surface area contributed by atoms with Crippen molar-refractivity contribution in [1.82, 2.24) is 5.32 Å². The summed E-state index contributed by atoms with van der Waals surface area (Å²) in [6.45, 7) is 4.49. The number of rotatable bonds is 4. The quantitative estimate of drug-likeness (QED) is 0.692. The van der Waals surface area contributed by atoms with Gasteiger partial charge in [0.2, 0.25) is 0 Å². The average molecular weight is 375 g/mol. The van der Waals surface area contributed by atoms with Crippen LogP contribution in [0.25, 0.3) is 11.1 Å². The van der Waals surface area contributed by atoms with E-state index in [9.17, 15) is 8.78 Å². The van der Waals surface area contributed by atoms with Crippen LogP contribution in [-0.2, 0) is 6.54 Å². The largest absolute Gasteiger partial charge is 0.310 e. The molecule has 0 radical (unpaired) electrons. The molecule has 1 N–H and O–H groups in total. The third-order valence-electron chi connectivity index (χ3n) is 3.08. The zero-order chi connectivity index (χ0) is 15.6. The van der Waals surface area contributed by atoms with Crippen molar-refractivity contribution < 1.29 is 8.78 Å². The molecule has 0 aromatic heterocycles. The zero-order valence-corrected chi connectivity index (χ0v) is 14.0. The molecule has 2 aromatic carbocycles.